The molecule has 5 rings (SSSR count). The fraction of sp³-hybridized carbons (Fsp3) is 0.353. The predicted octanol–water partition coefficient (Wildman–Crippen LogP) is 8.73. The number of aryl methyl sites for hydroxylation is 2. The minimum atomic E-state index is 0.263. The highest BCUT2D eigenvalue weighted by Gasteiger charge is 2.49. The normalized spacial score (nSPS) is 19.4. The van der Waals surface area contributed by atoms with Crippen molar-refractivity contribution in [3.05, 3.63) is 119 Å². The van der Waals surface area contributed by atoms with Crippen molar-refractivity contribution in [2.75, 3.05) is 0 Å². The second kappa shape index (κ2) is 10.1. The molecule has 0 unspecified atom stereocenters. The summed E-state index contributed by atoms with van der Waals surface area (Å²) in [4.78, 5) is 2.72. The molecule has 0 saturated heterocycles. The molecule has 1 aromatic heterocycles. The van der Waals surface area contributed by atoms with Crippen LogP contribution >= 0.6 is 0 Å². The molecule has 3 aromatic carbocycles. The van der Waals surface area contributed by atoms with Crippen LogP contribution in [-0.4, -0.2) is 17.0 Å². The number of nitrogens with zero attached hydrogens (tertiary/aromatic N) is 1. The van der Waals surface area contributed by atoms with Gasteiger partial charge in [-0.3, -0.25) is 4.90 Å². The van der Waals surface area contributed by atoms with Gasteiger partial charge in [-0.1, -0.05) is 90.5 Å². The Morgan fingerprint density at radius 2 is 1.31 bits per heavy atom. The summed E-state index contributed by atoms with van der Waals surface area (Å²) in [5.41, 5.74) is 8.02. The molecule has 1 aliphatic carbocycles. The first kappa shape index (κ1) is 24.6. The van der Waals surface area contributed by atoms with Gasteiger partial charge in [0.2, 0.25) is 0 Å². The van der Waals surface area contributed by atoms with E-state index in [9.17, 15) is 0 Å². The molecule has 0 spiro atoms. The van der Waals surface area contributed by atoms with E-state index in [2.05, 4.69) is 131 Å². The van der Waals surface area contributed by atoms with Crippen LogP contribution < -0.4 is 0 Å². The Bertz CT molecular complexity index is 1280. The van der Waals surface area contributed by atoms with Gasteiger partial charge in [0.1, 0.15) is 11.5 Å². The van der Waals surface area contributed by atoms with Gasteiger partial charge in [0.15, 0.2) is 0 Å². The summed E-state index contributed by atoms with van der Waals surface area (Å²) in [5.74, 6) is 2.80. The first-order chi connectivity index (χ1) is 17.4. The van der Waals surface area contributed by atoms with Crippen molar-refractivity contribution >= 4 is 0 Å². The Kier molecular flexibility index (Phi) is 6.90. The van der Waals surface area contributed by atoms with Gasteiger partial charge in [-0.2, -0.15) is 0 Å². The third-order valence-electron chi connectivity index (χ3n) is 7.91. The fourth-order valence-corrected chi connectivity index (χ4v) is 6.58. The summed E-state index contributed by atoms with van der Waals surface area (Å²) in [6.07, 6.45) is 1.03. The Balaban J connectivity index is 1.77. The van der Waals surface area contributed by atoms with E-state index in [4.69, 9.17) is 4.42 Å². The van der Waals surface area contributed by atoms with Gasteiger partial charge in [-0.05, 0) is 65.0 Å². The molecule has 0 saturated carbocycles. The van der Waals surface area contributed by atoms with Crippen LogP contribution in [0.15, 0.2) is 89.3 Å². The van der Waals surface area contributed by atoms with Crippen LogP contribution in [0.4, 0.5) is 0 Å². The molecule has 3 atom stereocenters. The summed E-state index contributed by atoms with van der Waals surface area (Å²) < 4.78 is 6.68. The van der Waals surface area contributed by atoms with E-state index in [1.807, 2.05) is 0 Å². The van der Waals surface area contributed by atoms with Crippen LogP contribution in [0.1, 0.15) is 73.2 Å². The summed E-state index contributed by atoms with van der Waals surface area (Å²) in [6.45, 7) is 13.7. The zero-order valence-corrected chi connectivity index (χ0v) is 22.5. The SMILES string of the molecule is Cc1ccc(-c2oc(C)c3c2[C@H](N(C(C)C)C(C)C)[C@@H](Cc2ccccc2)[C@@H]3c2ccccc2)cc1. The van der Waals surface area contributed by atoms with Gasteiger partial charge in [0.25, 0.3) is 0 Å². The third kappa shape index (κ3) is 4.44. The molecule has 186 valence electrons. The first-order valence-corrected chi connectivity index (χ1v) is 13.4. The molecule has 36 heavy (non-hydrogen) atoms. The molecule has 1 heterocycles. The van der Waals surface area contributed by atoms with E-state index < -0.39 is 0 Å². The molecule has 0 amide bonds. The maximum Gasteiger partial charge on any atom is 0.139 e. The standard InChI is InChI=1S/C34H39NO/c1-22(2)35(23(3)4)33-29(21-26-13-9-7-10-14-26)31(27-15-11-8-12-16-27)30-25(6)36-34(32(30)33)28-19-17-24(5)18-20-28/h7-20,22-23,29,31,33H,21H2,1-6H3/t29-,31-,33+/m0/s1. The lowest BCUT2D eigenvalue weighted by atomic mass is 9.80. The van der Waals surface area contributed by atoms with E-state index in [0.717, 1.165) is 17.9 Å². The molecule has 0 N–H and O–H groups in total. The van der Waals surface area contributed by atoms with Crippen LogP contribution in [0.2, 0.25) is 0 Å². The van der Waals surface area contributed by atoms with Crippen LogP contribution in [0.5, 0.6) is 0 Å². The molecule has 0 aliphatic heterocycles. The minimum Gasteiger partial charge on any atom is -0.461 e. The van der Waals surface area contributed by atoms with Crippen LogP contribution in [0.25, 0.3) is 11.3 Å². The first-order valence-electron chi connectivity index (χ1n) is 13.4. The van der Waals surface area contributed by atoms with E-state index in [-0.39, 0.29) is 12.0 Å². The highest BCUT2D eigenvalue weighted by atomic mass is 16.3. The highest BCUT2D eigenvalue weighted by Crippen LogP contribution is 2.58. The van der Waals surface area contributed by atoms with E-state index in [1.165, 1.54) is 33.4 Å². The number of fused-ring (bicyclic) bond motifs is 1. The second-order valence-electron chi connectivity index (χ2n) is 11.0. The fourth-order valence-electron chi connectivity index (χ4n) is 6.58. The average Bonchev–Trinajstić information content (AvgIpc) is 3.36. The summed E-state index contributed by atoms with van der Waals surface area (Å²) >= 11 is 0. The molecular weight excluding hydrogens is 438 g/mol. The second-order valence-corrected chi connectivity index (χ2v) is 11.0. The largest absolute Gasteiger partial charge is 0.461 e. The van der Waals surface area contributed by atoms with E-state index >= 15 is 0 Å². The molecule has 4 aromatic rings. The van der Waals surface area contributed by atoms with Crippen molar-refractivity contribution in [3.63, 3.8) is 0 Å². The lowest BCUT2D eigenvalue weighted by Gasteiger charge is -2.41. The molecule has 0 fully saturated rings. The van der Waals surface area contributed by atoms with Crippen molar-refractivity contribution in [1.82, 2.24) is 4.90 Å². The van der Waals surface area contributed by atoms with Gasteiger partial charge in [0, 0.05) is 40.7 Å². The molecular formula is C34H39NO. The molecule has 0 radical (unpaired) electrons. The van der Waals surface area contributed by atoms with Crippen molar-refractivity contribution in [3.8, 4) is 11.3 Å². The summed E-state index contributed by atoms with van der Waals surface area (Å²) in [7, 11) is 0. The van der Waals surface area contributed by atoms with Crippen molar-refractivity contribution in [1.29, 1.82) is 0 Å². The van der Waals surface area contributed by atoms with E-state index in [0.29, 0.717) is 18.0 Å². The maximum atomic E-state index is 6.68. The predicted molar refractivity (Wildman–Crippen MR) is 150 cm³/mol. The monoisotopic (exact) mass is 477 g/mol. The van der Waals surface area contributed by atoms with Crippen molar-refractivity contribution < 1.29 is 4.42 Å². The Hall–Kier alpha value is -3.10. The Labute approximate surface area is 217 Å². The zero-order valence-electron chi connectivity index (χ0n) is 22.5. The Morgan fingerprint density at radius 3 is 1.89 bits per heavy atom. The summed E-state index contributed by atoms with van der Waals surface area (Å²) in [5, 5.41) is 0. The number of rotatable bonds is 7. The van der Waals surface area contributed by atoms with Gasteiger partial charge >= 0.3 is 0 Å². The third-order valence-corrected chi connectivity index (χ3v) is 7.91. The van der Waals surface area contributed by atoms with Crippen LogP contribution in [0, 0.1) is 19.8 Å². The number of hydrogen-bond donors (Lipinski definition) is 0. The van der Waals surface area contributed by atoms with Crippen LogP contribution in [0.3, 0.4) is 0 Å². The summed E-state index contributed by atoms with van der Waals surface area (Å²) in [6, 6.07) is 32.1. The molecule has 2 heteroatoms. The lowest BCUT2D eigenvalue weighted by Crippen LogP contribution is -2.43. The lowest BCUT2D eigenvalue weighted by molar-refractivity contribution is 0.0758. The van der Waals surface area contributed by atoms with Gasteiger partial charge in [-0.15, -0.1) is 0 Å². The molecule has 2 nitrogen and oxygen atoms in total. The van der Waals surface area contributed by atoms with E-state index in [1.54, 1.807) is 0 Å². The number of benzene rings is 3. The van der Waals surface area contributed by atoms with Gasteiger partial charge in [-0.25, -0.2) is 0 Å². The maximum absolute atomic E-state index is 6.68. The minimum absolute atomic E-state index is 0.263. The topological polar surface area (TPSA) is 16.4 Å². The quantitative estimate of drug-likeness (QED) is 0.265. The zero-order chi connectivity index (χ0) is 25.4. The van der Waals surface area contributed by atoms with Gasteiger partial charge in [0.05, 0.1) is 0 Å². The highest BCUT2D eigenvalue weighted by molar-refractivity contribution is 5.68. The van der Waals surface area contributed by atoms with Crippen molar-refractivity contribution in [2.24, 2.45) is 5.92 Å². The van der Waals surface area contributed by atoms with Crippen LogP contribution in [-0.2, 0) is 6.42 Å². The average molecular weight is 478 g/mol. The molecule has 0 bridgehead atoms. The number of furan rings is 1. The Morgan fingerprint density at radius 1 is 0.722 bits per heavy atom. The van der Waals surface area contributed by atoms with Crippen molar-refractivity contribution in [2.45, 2.75) is 72.0 Å². The molecule has 1 aliphatic rings. The van der Waals surface area contributed by atoms with Gasteiger partial charge < -0.3 is 4.42 Å². The smallest absolute Gasteiger partial charge is 0.139 e. The number of hydrogen-bond acceptors (Lipinski definition) is 2.